The lowest BCUT2D eigenvalue weighted by atomic mass is 10.2. The third-order valence-electron chi connectivity index (χ3n) is 2.63. The number of hydrogen-bond acceptors (Lipinski definition) is 4. The molecule has 0 aliphatic carbocycles. The topological polar surface area (TPSA) is 75.1 Å². The van der Waals surface area contributed by atoms with E-state index >= 15 is 0 Å². The van der Waals surface area contributed by atoms with E-state index in [-0.39, 0.29) is 12.0 Å². The van der Waals surface area contributed by atoms with Crippen molar-refractivity contribution in [1.29, 1.82) is 0 Å². The van der Waals surface area contributed by atoms with Crippen molar-refractivity contribution in [2.24, 2.45) is 0 Å². The Labute approximate surface area is 112 Å². The van der Waals surface area contributed by atoms with Crippen molar-refractivity contribution in [2.75, 3.05) is 0 Å². The van der Waals surface area contributed by atoms with Crippen molar-refractivity contribution >= 4 is 39.7 Å². The summed E-state index contributed by atoms with van der Waals surface area (Å²) in [7, 11) is 0. The van der Waals surface area contributed by atoms with E-state index in [1.807, 2.05) is 5.38 Å². The molecule has 0 amide bonds. The molecule has 0 fully saturated rings. The monoisotopic (exact) mass is 284 g/mol. The van der Waals surface area contributed by atoms with Crippen LogP contribution in [-0.2, 0) is 11.3 Å². The predicted octanol–water partition coefficient (Wildman–Crippen LogP) is 2.38. The molecule has 0 unspecified atom stereocenters. The summed E-state index contributed by atoms with van der Waals surface area (Å²) in [5, 5.41) is 11.0. The van der Waals surface area contributed by atoms with Gasteiger partial charge in [-0.25, -0.2) is 0 Å². The number of unbranched alkanes of at least 4 members (excludes halogenated alkanes) is 1. The van der Waals surface area contributed by atoms with Crippen LogP contribution in [0.3, 0.4) is 0 Å². The number of fused-ring (bicyclic) bond motifs is 1. The number of carbonyl (C=O) groups is 1. The van der Waals surface area contributed by atoms with Crippen molar-refractivity contribution in [3.05, 3.63) is 26.6 Å². The molecule has 0 saturated carbocycles. The molecule has 0 aromatic carbocycles. The summed E-state index contributed by atoms with van der Waals surface area (Å²) in [5.41, 5.74) is -0.106. The number of thiophene rings is 1. The highest BCUT2D eigenvalue weighted by molar-refractivity contribution is 7.71. The Morgan fingerprint density at radius 1 is 1.50 bits per heavy atom. The Hall–Kier alpha value is -1.47. The Balaban J connectivity index is 2.20. The van der Waals surface area contributed by atoms with Gasteiger partial charge < -0.3 is 10.1 Å². The number of rotatable bonds is 5. The number of carboxylic acids is 1. The highest BCUT2D eigenvalue weighted by Crippen LogP contribution is 2.14. The molecule has 7 heteroatoms. The van der Waals surface area contributed by atoms with Gasteiger partial charge in [0.15, 0.2) is 4.77 Å². The molecule has 2 N–H and O–H groups in total. The average molecular weight is 284 g/mol. The van der Waals surface area contributed by atoms with Crippen molar-refractivity contribution in [2.45, 2.75) is 25.8 Å². The molecule has 5 nitrogen and oxygen atoms in total. The maximum absolute atomic E-state index is 12.1. The van der Waals surface area contributed by atoms with Gasteiger partial charge in [0.05, 0.1) is 5.39 Å². The molecule has 0 aliphatic rings. The lowest BCUT2D eigenvalue weighted by molar-refractivity contribution is -0.137. The molecule has 2 rings (SSSR count). The molecule has 2 heterocycles. The van der Waals surface area contributed by atoms with Crippen LogP contribution in [0.4, 0.5) is 0 Å². The summed E-state index contributed by atoms with van der Waals surface area (Å²) in [6, 6.07) is 1.77. The van der Waals surface area contributed by atoms with Crippen molar-refractivity contribution in [1.82, 2.24) is 9.55 Å². The van der Waals surface area contributed by atoms with E-state index in [9.17, 15) is 9.59 Å². The summed E-state index contributed by atoms with van der Waals surface area (Å²) >= 11 is 6.58. The molecule has 2 aromatic rings. The van der Waals surface area contributed by atoms with Crippen LogP contribution >= 0.6 is 23.6 Å². The van der Waals surface area contributed by atoms with E-state index in [1.54, 1.807) is 6.07 Å². The molecular weight excluding hydrogens is 272 g/mol. The minimum absolute atomic E-state index is 0.106. The van der Waals surface area contributed by atoms with Gasteiger partial charge in [-0.3, -0.25) is 14.2 Å². The molecule has 0 aliphatic heterocycles. The predicted molar refractivity (Wildman–Crippen MR) is 72.8 cm³/mol. The Bertz CT molecular complexity index is 683. The maximum Gasteiger partial charge on any atom is 0.303 e. The van der Waals surface area contributed by atoms with Crippen LogP contribution in [0.25, 0.3) is 10.2 Å². The molecule has 0 bridgehead atoms. The summed E-state index contributed by atoms with van der Waals surface area (Å²) in [6.45, 7) is 0.452. The van der Waals surface area contributed by atoms with Crippen LogP contribution in [-0.4, -0.2) is 20.6 Å². The first-order chi connectivity index (χ1) is 8.59. The fourth-order valence-electron chi connectivity index (χ4n) is 1.73. The zero-order valence-corrected chi connectivity index (χ0v) is 11.1. The third-order valence-corrected chi connectivity index (χ3v) is 3.78. The van der Waals surface area contributed by atoms with Gasteiger partial charge in [-0.1, -0.05) is 0 Å². The lowest BCUT2D eigenvalue weighted by Gasteiger charge is -2.05. The van der Waals surface area contributed by atoms with Gasteiger partial charge in [0.2, 0.25) is 0 Å². The van der Waals surface area contributed by atoms with Crippen LogP contribution in [0.5, 0.6) is 0 Å². The second-order valence-electron chi connectivity index (χ2n) is 3.90. The second kappa shape index (κ2) is 5.45. The van der Waals surface area contributed by atoms with Gasteiger partial charge in [-0.2, -0.15) is 0 Å². The molecular formula is C11H12N2O3S2. The highest BCUT2D eigenvalue weighted by atomic mass is 32.1. The number of nitrogens with one attached hydrogen (secondary N) is 1. The number of carboxylic acid groups (broad SMARTS) is 1. The number of nitrogens with zero attached hydrogens (tertiary/aromatic N) is 1. The third kappa shape index (κ3) is 2.68. The van der Waals surface area contributed by atoms with E-state index in [2.05, 4.69) is 4.98 Å². The minimum Gasteiger partial charge on any atom is -0.481 e. The molecule has 18 heavy (non-hydrogen) atoms. The number of aliphatic carboxylic acids is 1. The normalized spacial score (nSPS) is 10.9. The molecule has 0 radical (unpaired) electrons. The van der Waals surface area contributed by atoms with Crippen LogP contribution in [0.1, 0.15) is 19.3 Å². The molecule has 96 valence electrons. The fraction of sp³-hybridized carbons (Fsp3) is 0.364. The Morgan fingerprint density at radius 3 is 3.00 bits per heavy atom. The minimum atomic E-state index is -0.819. The van der Waals surface area contributed by atoms with Crippen LogP contribution in [0.15, 0.2) is 16.2 Å². The van der Waals surface area contributed by atoms with Gasteiger partial charge >= 0.3 is 5.97 Å². The zero-order chi connectivity index (χ0) is 13.1. The summed E-state index contributed by atoms with van der Waals surface area (Å²) < 4.78 is 1.89. The van der Waals surface area contributed by atoms with E-state index in [1.165, 1.54) is 15.9 Å². The van der Waals surface area contributed by atoms with E-state index in [0.29, 0.717) is 29.5 Å². The number of aromatic nitrogens is 2. The Kier molecular flexibility index (Phi) is 3.93. The molecule has 0 spiro atoms. The first-order valence-corrected chi connectivity index (χ1v) is 6.80. The van der Waals surface area contributed by atoms with Gasteiger partial charge in [0.1, 0.15) is 4.83 Å². The van der Waals surface area contributed by atoms with Gasteiger partial charge in [0.25, 0.3) is 5.56 Å². The second-order valence-corrected chi connectivity index (χ2v) is 5.20. The zero-order valence-electron chi connectivity index (χ0n) is 9.51. The fourth-order valence-corrected chi connectivity index (χ4v) is 2.84. The quantitative estimate of drug-likeness (QED) is 0.653. The first-order valence-electron chi connectivity index (χ1n) is 5.51. The van der Waals surface area contributed by atoms with Crippen LogP contribution in [0, 0.1) is 4.77 Å². The highest BCUT2D eigenvalue weighted by Gasteiger charge is 2.06. The number of aromatic amines is 1. The van der Waals surface area contributed by atoms with Gasteiger partial charge in [-0.15, -0.1) is 11.3 Å². The smallest absolute Gasteiger partial charge is 0.303 e. The Morgan fingerprint density at radius 2 is 2.28 bits per heavy atom. The molecule has 0 saturated heterocycles. The molecule has 2 aromatic heterocycles. The van der Waals surface area contributed by atoms with Crippen LogP contribution in [0.2, 0.25) is 0 Å². The van der Waals surface area contributed by atoms with E-state index < -0.39 is 5.97 Å². The van der Waals surface area contributed by atoms with Crippen molar-refractivity contribution < 1.29 is 9.90 Å². The standard InChI is InChI=1S/C11H12N2O3S2/c14-8(15)3-1-2-5-13-10(16)7-4-6-18-9(7)12-11(13)17/h4,6H,1-3,5H2,(H,12,17)(H,14,15). The summed E-state index contributed by atoms with van der Waals surface area (Å²) in [4.78, 5) is 26.3. The lowest BCUT2D eigenvalue weighted by Crippen LogP contribution is -2.21. The van der Waals surface area contributed by atoms with E-state index in [0.717, 1.165) is 4.83 Å². The summed E-state index contributed by atoms with van der Waals surface area (Å²) in [5.74, 6) is -0.819. The SMILES string of the molecule is O=C(O)CCCCn1c(=S)[nH]c2sccc2c1=O. The average Bonchev–Trinajstić information content (AvgIpc) is 2.75. The largest absolute Gasteiger partial charge is 0.481 e. The first kappa shape index (κ1) is 13.0. The van der Waals surface area contributed by atoms with Gasteiger partial charge in [-0.05, 0) is 36.5 Å². The number of H-pyrrole nitrogens is 1. The van der Waals surface area contributed by atoms with Crippen molar-refractivity contribution in [3.8, 4) is 0 Å². The van der Waals surface area contributed by atoms with Crippen molar-refractivity contribution in [3.63, 3.8) is 0 Å². The van der Waals surface area contributed by atoms with Gasteiger partial charge in [0, 0.05) is 13.0 Å². The maximum atomic E-state index is 12.1. The summed E-state index contributed by atoms with van der Waals surface area (Å²) in [6.07, 6.45) is 1.28. The van der Waals surface area contributed by atoms with Crippen LogP contribution < -0.4 is 5.56 Å². The van der Waals surface area contributed by atoms with E-state index in [4.69, 9.17) is 17.3 Å². The number of hydrogen-bond donors (Lipinski definition) is 2. The molecule has 0 atom stereocenters.